The van der Waals surface area contributed by atoms with Gasteiger partial charge in [-0.1, -0.05) is 0 Å². The van der Waals surface area contributed by atoms with Crippen molar-refractivity contribution in [2.24, 2.45) is 5.92 Å². The summed E-state index contributed by atoms with van der Waals surface area (Å²) in [6.45, 7) is 0.849. The van der Waals surface area contributed by atoms with Crippen LogP contribution in [0.25, 0.3) is 0 Å². The van der Waals surface area contributed by atoms with Crippen molar-refractivity contribution < 1.29 is 13.2 Å². The van der Waals surface area contributed by atoms with Crippen molar-refractivity contribution in [3.63, 3.8) is 0 Å². The molecule has 1 unspecified atom stereocenters. The molecule has 0 amide bonds. The summed E-state index contributed by atoms with van der Waals surface area (Å²) in [7, 11) is 0. The molecule has 5 nitrogen and oxygen atoms in total. The lowest BCUT2D eigenvalue weighted by Gasteiger charge is -2.18. The maximum absolute atomic E-state index is 12.5. The summed E-state index contributed by atoms with van der Waals surface area (Å²) in [5.74, 6) is -2.23. The van der Waals surface area contributed by atoms with Crippen LogP contribution in [0.3, 0.4) is 0 Å². The van der Waals surface area contributed by atoms with Crippen molar-refractivity contribution in [2.45, 2.75) is 25.6 Å². The number of alkyl halides is 3. The van der Waals surface area contributed by atoms with Gasteiger partial charge in [0.15, 0.2) is 5.92 Å². The van der Waals surface area contributed by atoms with Gasteiger partial charge in [0, 0.05) is 19.2 Å². The average Bonchev–Trinajstić information content (AvgIpc) is 2.89. The summed E-state index contributed by atoms with van der Waals surface area (Å²) in [6.07, 6.45) is -1.25. The molecule has 0 aliphatic carbocycles. The van der Waals surface area contributed by atoms with Gasteiger partial charge in [-0.15, -0.1) is 0 Å². The monoisotopic (exact) mass is 286 g/mol. The van der Waals surface area contributed by atoms with Crippen LogP contribution in [0, 0.1) is 17.2 Å². The van der Waals surface area contributed by atoms with Gasteiger partial charge in [-0.3, -0.25) is 4.79 Å². The van der Waals surface area contributed by atoms with Crippen molar-refractivity contribution in [2.75, 3.05) is 18.0 Å². The van der Waals surface area contributed by atoms with Gasteiger partial charge in [-0.25, -0.2) is 4.68 Å². The fourth-order valence-electron chi connectivity index (χ4n) is 2.10. The van der Waals surface area contributed by atoms with Gasteiger partial charge in [0.25, 0.3) is 5.56 Å². The predicted molar refractivity (Wildman–Crippen MR) is 65.1 cm³/mol. The maximum Gasteiger partial charge on any atom is 0.406 e. The second kappa shape index (κ2) is 5.53. The fraction of sp³-hybridized carbons (Fsp3) is 0.583. The molecule has 1 fully saturated rings. The van der Waals surface area contributed by atoms with Crippen LogP contribution < -0.4 is 10.5 Å². The largest absolute Gasteiger partial charge is 0.406 e. The Balaban J connectivity index is 2.18. The normalized spacial score (nSPS) is 17.0. The van der Waals surface area contributed by atoms with Crippen LogP contribution in [0.1, 0.15) is 12.8 Å². The first-order valence-electron chi connectivity index (χ1n) is 6.20. The van der Waals surface area contributed by atoms with E-state index in [1.54, 1.807) is 0 Å². The van der Waals surface area contributed by atoms with Gasteiger partial charge in [-0.2, -0.15) is 23.5 Å². The molecule has 1 aliphatic heterocycles. The van der Waals surface area contributed by atoms with Crippen molar-refractivity contribution >= 4 is 5.69 Å². The summed E-state index contributed by atoms with van der Waals surface area (Å²) in [5.41, 5.74) is -0.0110. The zero-order chi connectivity index (χ0) is 14.8. The van der Waals surface area contributed by atoms with Crippen LogP contribution in [0.2, 0.25) is 0 Å². The zero-order valence-electron chi connectivity index (χ0n) is 10.6. The Hall–Kier alpha value is -2.04. The van der Waals surface area contributed by atoms with E-state index in [1.807, 2.05) is 4.90 Å². The van der Waals surface area contributed by atoms with Crippen molar-refractivity contribution in [1.29, 1.82) is 5.26 Å². The summed E-state index contributed by atoms with van der Waals surface area (Å²) in [4.78, 5) is 13.7. The van der Waals surface area contributed by atoms with Gasteiger partial charge >= 0.3 is 6.18 Å². The van der Waals surface area contributed by atoms with Crippen LogP contribution in [0.5, 0.6) is 0 Å². The topological polar surface area (TPSA) is 61.9 Å². The average molecular weight is 286 g/mol. The maximum atomic E-state index is 12.5. The molecular weight excluding hydrogens is 273 g/mol. The molecule has 2 rings (SSSR count). The first kappa shape index (κ1) is 14.4. The SMILES string of the molecule is N#CC(Cn1ncc(N2CCCC2)cc1=O)C(F)(F)F. The molecule has 1 aliphatic rings. The van der Waals surface area contributed by atoms with E-state index in [1.165, 1.54) is 12.3 Å². The second-order valence-corrected chi connectivity index (χ2v) is 4.65. The standard InChI is InChI=1S/C12H13F3N4O/c13-12(14,15)9(6-16)8-19-11(20)5-10(7-17-19)18-3-1-2-4-18/h5,7,9H,1-4,8H2. The van der Waals surface area contributed by atoms with Crippen LogP contribution in [0.4, 0.5) is 18.9 Å². The van der Waals surface area contributed by atoms with E-state index < -0.39 is 24.2 Å². The Morgan fingerprint density at radius 1 is 1.40 bits per heavy atom. The molecule has 0 spiro atoms. The quantitative estimate of drug-likeness (QED) is 0.845. The number of halogens is 3. The van der Waals surface area contributed by atoms with E-state index in [2.05, 4.69) is 5.10 Å². The molecule has 0 aromatic carbocycles. The number of anilines is 1. The summed E-state index contributed by atoms with van der Waals surface area (Å²) in [5, 5.41) is 12.3. The molecule has 0 bridgehead atoms. The molecule has 1 atom stereocenters. The van der Waals surface area contributed by atoms with E-state index in [0.29, 0.717) is 10.4 Å². The van der Waals surface area contributed by atoms with Gasteiger partial charge in [0.2, 0.25) is 0 Å². The van der Waals surface area contributed by atoms with Crippen LogP contribution >= 0.6 is 0 Å². The summed E-state index contributed by atoms with van der Waals surface area (Å²) >= 11 is 0. The fourth-order valence-corrected chi connectivity index (χ4v) is 2.10. The number of nitrogens with zero attached hydrogens (tertiary/aromatic N) is 4. The highest BCUT2D eigenvalue weighted by Crippen LogP contribution is 2.26. The lowest BCUT2D eigenvalue weighted by atomic mass is 10.1. The molecule has 0 radical (unpaired) electrons. The summed E-state index contributed by atoms with van der Waals surface area (Å²) in [6, 6.07) is 2.42. The summed E-state index contributed by atoms with van der Waals surface area (Å²) < 4.78 is 38.1. The first-order chi connectivity index (χ1) is 9.41. The highest BCUT2D eigenvalue weighted by molar-refractivity contribution is 5.43. The van der Waals surface area contributed by atoms with Crippen LogP contribution in [0.15, 0.2) is 17.1 Å². The smallest absolute Gasteiger partial charge is 0.370 e. The highest BCUT2D eigenvalue weighted by Gasteiger charge is 2.40. The molecule has 108 valence electrons. The molecule has 1 saturated heterocycles. The van der Waals surface area contributed by atoms with Gasteiger partial charge in [-0.05, 0) is 12.8 Å². The van der Waals surface area contributed by atoms with Gasteiger partial charge < -0.3 is 4.90 Å². The third kappa shape index (κ3) is 3.10. The predicted octanol–water partition coefficient (Wildman–Crippen LogP) is 1.55. The van der Waals surface area contributed by atoms with E-state index >= 15 is 0 Å². The van der Waals surface area contributed by atoms with E-state index in [0.717, 1.165) is 32.0 Å². The van der Waals surface area contributed by atoms with E-state index in [9.17, 15) is 18.0 Å². The van der Waals surface area contributed by atoms with Crippen LogP contribution in [-0.2, 0) is 6.54 Å². The molecule has 20 heavy (non-hydrogen) atoms. The lowest BCUT2D eigenvalue weighted by molar-refractivity contribution is -0.162. The van der Waals surface area contributed by atoms with Crippen molar-refractivity contribution in [3.8, 4) is 6.07 Å². The third-order valence-corrected chi connectivity index (χ3v) is 3.23. The second-order valence-electron chi connectivity index (χ2n) is 4.65. The van der Waals surface area contributed by atoms with E-state index in [4.69, 9.17) is 5.26 Å². The zero-order valence-corrected chi connectivity index (χ0v) is 10.6. The Kier molecular flexibility index (Phi) is 3.97. The molecule has 1 aromatic rings. The lowest BCUT2D eigenvalue weighted by Crippen LogP contribution is -2.33. The van der Waals surface area contributed by atoms with Gasteiger partial charge in [0.05, 0.1) is 24.5 Å². The number of nitriles is 1. The Morgan fingerprint density at radius 3 is 2.55 bits per heavy atom. The Bertz CT molecular complexity index is 569. The number of rotatable bonds is 3. The first-order valence-corrected chi connectivity index (χ1v) is 6.20. The van der Waals surface area contributed by atoms with Crippen molar-refractivity contribution in [1.82, 2.24) is 9.78 Å². The minimum atomic E-state index is -4.66. The Labute approximate surface area is 113 Å². The van der Waals surface area contributed by atoms with E-state index in [-0.39, 0.29) is 0 Å². The molecular formula is C12H13F3N4O. The number of hydrogen-bond donors (Lipinski definition) is 0. The van der Waals surface area contributed by atoms with Gasteiger partial charge in [0.1, 0.15) is 0 Å². The minimum absolute atomic E-state index is 0.615. The molecule has 8 heteroatoms. The van der Waals surface area contributed by atoms with Crippen LogP contribution in [-0.4, -0.2) is 29.0 Å². The number of aromatic nitrogens is 2. The molecule has 0 N–H and O–H groups in total. The number of hydrogen-bond acceptors (Lipinski definition) is 4. The van der Waals surface area contributed by atoms with Crippen molar-refractivity contribution in [3.05, 3.63) is 22.6 Å². The molecule has 2 heterocycles. The molecule has 1 aromatic heterocycles. The molecule has 0 saturated carbocycles. The highest BCUT2D eigenvalue weighted by atomic mass is 19.4. The third-order valence-electron chi connectivity index (χ3n) is 3.23. The minimum Gasteiger partial charge on any atom is -0.370 e. The Morgan fingerprint density at radius 2 is 2.05 bits per heavy atom.